The summed E-state index contributed by atoms with van der Waals surface area (Å²) >= 11 is 1.08. The second-order valence-electron chi connectivity index (χ2n) is 7.44. The van der Waals surface area contributed by atoms with Gasteiger partial charge in [-0.1, -0.05) is 0 Å². The van der Waals surface area contributed by atoms with E-state index in [2.05, 4.69) is 20.0 Å². The van der Waals surface area contributed by atoms with Crippen LogP contribution in [0.15, 0.2) is 45.3 Å². The fourth-order valence-corrected chi connectivity index (χ4v) is 5.93. The standard InChI is InChI=1S/C20H25N5O5S2/c1-14-3-4-17(30-14)16(25-6-8-29-9-7-25)12-21-20(26)19-18(5-10-31-19)32(27,28)23-15-11-22-24(2)13-15/h3-5,10-11,13,16,23H,6-9,12H2,1-2H3,(H,21,26). The number of amides is 1. The van der Waals surface area contributed by atoms with Crippen LogP contribution < -0.4 is 10.0 Å². The number of aromatic nitrogens is 2. The average molecular weight is 480 g/mol. The van der Waals surface area contributed by atoms with E-state index < -0.39 is 15.9 Å². The largest absolute Gasteiger partial charge is 0.465 e. The van der Waals surface area contributed by atoms with Crippen molar-refractivity contribution in [2.24, 2.45) is 7.05 Å². The molecule has 12 heteroatoms. The van der Waals surface area contributed by atoms with Crippen molar-refractivity contribution in [3.05, 3.63) is 52.4 Å². The highest BCUT2D eigenvalue weighted by molar-refractivity contribution is 7.93. The molecular weight excluding hydrogens is 454 g/mol. The van der Waals surface area contributed by atoms with E-state index in [0.717, 1.165) is 22.9 Å². The van der Waals surface area contributed by atoms with Gasteiger partial charge in [-0.15, -0.1) is 11.3 Å². The highest BCUT2D eigenvalue weighted by Crippen LogP contribution is 2.26. The van der Waals surface area contributed by atoms with E-state index in [1.807, 2.05) is 19.1 Å². The van der Waals surface area contributed by atoms with Crippen LogP contribution in [0.1, 0.15) is 27.2 Å². The number of furan rings is 1. The Labute approximate surface area is 190 Å². The third-order valence-corrected chi connectivity index (χ3v) is 7.58. The molecule has 10 nitrogen and oxygen atoms in total. The van der Waals surface area contributed by atoms with Crippen LogP contribution in [0.2, 0.25) is 0 Å². The molecule has 4 rings (SSSR count). The molecule has 3 aromatic rings. The highest BCUT2D eigenvalue weighted by Gasteiger charge is 2.28. The summed E-state index contributed by atoms with van der Waals surface area (Å²) in [7, 11) is -2.25. The van der Waals surface area contributed by atoms with Crippen molar-refractivity contribution in [3.8, 4) is 0 Å². The van der Waals surface area contributed by atoms with Gasteiger partial charge in [0.15, 0.2) is 0 Å². The third kappa shape index (κ3) is 5.04. The van der Waals surface area contributed by atoms with E-state index >= 15 is 0 Å². The molecule has 1 aliphatic heterocycles. The summed E-state index contributed by atoms with van der Waals surface area (Å²) < 4.78 is 40.9. The van der Waals surface area contributed by atoms with Crippen molar-refractivity contribution in [1.29, 1.82) is 0 Å². The number of hydrogen-bond acceptors (Lipinski definition) is 8. The maximum atomic E-state index is 13.0. The molecule has 0 spiro atoms. The molecule has 1 unspecified atom stereocenters. The predicted octanol–water partition coefficient (Wildman–Crippen LogP) is 1.99. The molecule has 0 saturated carbocycles. The summed E-state index contributed by atoms with van der Waals surface area (Å²) in [5, 5.41) is 8.43. The zero-order chi connectivity index (χ0) is 22.7. The lowest BCUT2D eigenvalue weighted by Crippen LogP contribution is -2.43. The number of nitrogens with one attached hydrogen (secondary N) is 2. The van der Waals surface area contributed by atoms with E-state index in [1.54, 1.807) is 18.6 Å². The minimum Gasteiger partial charge on any atom is -0.465 e. The Bertz CT molecular complexity index is 1180. The van der Waals surface area contributed by atoms with Gasteiger partial charge in [-0.05, 0) is 30.5 Å². The number of ether oxygens (including phenoxy) is 1. The molecule has 1 atom stereocenters. The Balaban J connectivity index is 1.49. The summed E-state index contributed by atoms with van der Waals surface area (Å²) in [6.07, 6.45) is 2.95. The van der Waals surface area contributed by atoms with Crippen LogP contribution in [0, 0.1) is 6.92 Å². The quantitative estimate of drug-likeness (QED) is 0.507. The molecule has 1 saturated heterocycles. The van der Waals surface area contributed by atoms with Gasteiger partial charge in [-0.2, -0.15) is 5.10 Å². The van der Waals surface area contributed by atoms with Gasteiger partial charge in [0.2, 0.25) is 0 Å². The number of anilines is 1. The predicted molar refractivity (Wildman–Crippen MR) is 119 cm³/mol. The summed E-state index contributed by atoms with van der Waals surface area (Å²) in [4.78, 5) is 15.2. The van der Waals surface area contributed by atoms with E-state index in [-0.39, 0.29) is 22.4 Å². The molecule has 1 aliphatic rings. The third-order valence-electron chi connectivity index (χ3n) is 5.11. The van der Waals surface area contributed by atoms with Crippen LogP contribution in [-0.2, 0) is 21.8 Å². The number of carbonyl (C=O) groups is 1. The minimum absolute atomic E-state index is 0.0689. The van der Waals surface area contributed by atoms with E-state index in [0.29, 0.717) is 32.0 Å². The number of carbonyl (C=O) groups excluding carboxylic acids is 1. The van der Waals surface area contributed by atoms with Gasteiger partial charge in [-0.25, -0.2) is 8.42 Å². The number of nitrogens with zero attached hydrogens (tertiary/aromatic N) is 3. The lowest BCUT2D eigenvalue weighted by atomic mass is 10.1. The first-order valence-corrected chi connectivity index (χ1v) is 12.4. The molecule has 3 aromatic heterocycles. The maximum Gasteiger partial charge on any atom is 0.263 e. The molecule has 0 aromatic carbocycles. The van der Waals surface area contributed by atoms with Crippen LogP contribution in [0.3, 0.4) is 0 Å². The molecule has 1 amide bonds. The fourth-order valence-electron chi connectivity index (χ4n) is 3.56. The monoisotopic (exact) mass is 479 g/mol. The second kappa shape index (κ2) is 9.45. The zero-order valence-corrected chi connectivity index (χ0v) is 19.4. The van der Waals surface area contributed by atoms with Gasteiger partial charge < -0.3 is 14.5 Å². The molecule has 0 aliphatic carbocycles. The second-order valence-corrected chi connectivity index (χ2v) is 10.0. The highest BCUT2D eigenvalue weighted by atomic mass is 32.2. The van der Waals surface area contributed by atoms with Gasteiger partial charge in [0.1, 0.15) is 21.3 Å². The van der Waals surface area contributed by atoms with Crippen molar-refractivity contribution in [2.45, 2.75) is 17.9 Å². The van der Waals surface area contributed by atoms with Crippen molar-refractivity contribution < 1.29 is 22.4 Å². The van der Waals surface area contributed by atoms with Gasteiger partial charge in [-0.3, -0.25) is 19.1 Å². The van der Waals surface area contributed by atoms with E-state index in [1.165, 1.54) is 16.9 Å². The van der Waals surface area contributed by atoms with Crippen molar-refractivity contribution in [2.75, 3.05) is 37.6 Å². The van der Waals surface area contributed by atoms with Crippen LogP contribution in [0.25, 0.3) is 0 Å². The Morgan fingerprint density at radius 3 is 2.72 bits per heavy atom. The summed E-state index contributed by atoms with van der Waals surface area (Å²) in [5.41, 5.74) is 0.325. The number of hydrogen-bond donors (Lipinski definition) is 2. The topological polar surface area (TPSA) is 119 Å². The SMILES string of the molecule is Cc1ccc(C(CNC(=O)c2sccc2S(=O)(=O)Nc2cnn(C)c2)N2CCOCC2)o1. The maximum absolute atomic E-state index is 13.0. The number of sulfonamides is 1. The molecule has 2 N–H and O–H groups in total. The first kappa shape index (κ1) is 22.5. The molecule has 0 radical (unpaired) electrons. The fraction of sp³-hybridized carbons (Fsp3) is 0.400. The van der Waals surface area contributed by atoms with Gasteiger partial charge in [0.25, 0.3) is 15.9 Å². The van der Waals surface area contributed by atoms with Crippen LogP contribution in [0.4, 0.5) is 5.69 Å². The summed E-state index contributed by atoms with van der Waals surface area (Å²) in [6.45, 7) is 4.80. The molecule has 1 fully saturated rings. The zero-order valence-electron chi connectivity index (χ0n) is 17.8. The Morgan fingerprint density at radius 2 is 2.06 bits per heavy atom. The summed E-state index contributed by atoms with van der Waals surface area (Å²) in [6, 6.07) is 5.04. The Hall–Kier alpha value is -2.67. The van der Waals surface area contributed by atoms with Crippen molar-refractivity contribution in [3.63, 3.8) is 0 Å². The number of thiophene rings is 1. The van der Waals surface area contributed by atoms with Gasteiger partial charge in [0.05, 0.1) is 31.1 Å². The lowest BCUT2D eigenvalue weighted by Gasteiger charge is -2.33. The summed E-state index contributed by atoms with van der Waals surface area (Å²) in [5.74, 6) is 1.09. The first-order chi connectivity index (χ1) is 15.3. The Kier molecular flexibility index (Phi) is 6.65. The molecule has 4 heterocycles. The van der Waals surface area contributed by atoms with Crippen LogP contribution >= 0.6 is 11.3 Å². The molecule has 172 valence electrons. The molecule has 32 heavy (non-hydrogen) atoms. The molecular formula is C20H25N5O5S2. The number of rotatable bonds is 8. The Morgan fingerprint density at radius 1 is 1.28 bits per heavy atom. The first-order valence-electron chi connectivity index (χ1n) is 10.1. The van der Waals surface area contributed by atoms with Crippen molar-refractivity contribution >= 4 is 33.0 Å². The van der Waals surface area contributed by atoms with Crippen LogP contribution in [-0.4, -0.2) is 61.9 Å². The lowest BCUT2D eigenvalue weighted by molar-refractivity contribution is 0.0117. The van der Waals surface area contributed by atoms with Gasteiger partial charge >= 0.3 is 0 Å². The number of morpholine rings is 1. The van der Waals surface area contributed by atoms with Crippen LogP contribution in [0.5, 0.6) is 0 Å². The van der Waals surface area contributed by atoms with E-state index in [9.17, 15) is 13.2 Å². The van der Waals surface area contributed by atoms with Gasteiger partial charge in [0, 0.05) is 32.9 Å². The van der Waals surface area contributed by atoms with E-state index in [4.69, 9.17) is 9.15 Å². The minimum atomic E-state index is -3.94. The number of aryl methyl sites for hydroxylation is 2. The smallest absolute Gasteiger partial charge is 0.263 e. The average Bonchev–Trinajstić information content (AvgIpc) is 3.50. The normalized spacial score (nSPS) is 16.1. The molecule has 0 bridgehead atoms. The van der Waals surface area contributed by atoms with Crippen molar-refractivity contribution in [1.82, 2.24) is 20.0 Å².